The molecule has 19 heteroatoms. The van der Waals surface area contributed by atoms with E-state index in [0.717, 1.165) is 11.2 Å². The van der Waals surface area contributed by atoms with Crippen molar-refractivity contribution in [2.24, 2.45) is 11.5 Å². The van der Waals surface area contributed by atoms with Crippen LogP contribution in [0.2, 0.25) is 0 Å². The molecule has 0 radical (unpaired) electrons. The molecule has 280 valence electrons. The maximum atomic E-state index is 12.9. The fraction of sp³-hybridized carbons (Fsp3) is 0.353. The summed E-state index contributed by atoms with van der Waals surface area (Å²) in [6, 6.07) is 8.83. The molecule has 2 aromatic carbocycles. The summed E-state index contributed by atoms with van der Waals surface area (Å²) in [6.07, 6.45) is 3.78. The minimum Gasteiger partial charge on any atom is -0.493 e. The molecule has 18 nitrogen and oxygen atoms in total. The average Bonchev–Trinajstić information content (AvgIpc) is 3.36. The van der Waals surface area contributed by atoms with Gasteiger partial charge in [0.25, 0.3) is 17.7 Å². The van der Waals surface area contributed by atoms with Crippen LogP contribution in [0.1, 0.15) is 63.3 Å². The Kier molecular flexibility index (Phi) is 11.9. The van der Waals surface area contributed by atoms with E-state index in [4.69, 9.17) is 20.9 Å². The van der Waals surface area contributed by atoms with Gasteiger partial charge >= 0.3 is 6.09 Å². The molecule has 0 saturated carbocycles. The molecule has 0 spiro atoms. The van der Waals surface area contributed by atoms with Gasteiger partial charge in [0.05, 0.1) is 41.5 Å². The highest BCUT2D eigenvalue weighted by molar-refractivity contribution is 7.90. The smallest absolute Gasteiger partial charge is 0.407 e. The highest BCUT2D eigenvalue weighted by Crippen LogP contribution is 2.29. The Balaban J connectivity index is 1.09. The van der Waals surface area contributed by atoms with Crippen molar-refractivity contribution in [3.8, 4) is 5.75 Å². The zero-order valence-electron chi connectivity index (χ0n) is 28.6. The first kappa shape index (κ1) is 38.1. The number of sulfone groups is 1. The number of benzene rings is 2. The molecule has 2 aliphatic heterocycles. The van der Waals surface area contributed by atoms with Crippen LogP contribution in [-0.2, 0) is 24.2 Å². The Morgan fingerprint density at radius 3 is 2.47 bits per heavy atom. The summed E-state index contributed by atoms with van der Waals surface area (Å²) in [7, 11) is -3.40. The maximum absolute atomic E-state index is 12.9. The van der Waals surface area contributed by atoms with Gasteiger partial charge in [0, 0.05) is 43.9 Å². The molecule has 3 aromatic rings. The summed E-state index contributed by atoms with van der Waals surface area (Å²) < 4.78 is 34.6. The van der Waals surface area contributed by atoms with Crippen molar-refractivity contribution in [2.45, 2.75) is 49.1 Å². The Hall–Kier alpha value is -6.11. The molecule has 5 amide bonds. The van der Waals surface area contributed by atoms with Crippen LogP contribution in [0, 0.1) is 0 Å². The largest absolute Gasteiger partial charge is 0.493 e. The number of imide groups is 1. The number of aldehydes is 1. The van der Waals surface area contributed by atoms with Gasteiger partial charge in [-0.2, -0.15) is 0 Å². The van der Waals surface area contributed by atoms with Crippen molar-refractivity contribution in [1.29, 1.82) is 0 Å². The van der Waals surface area contributed by atoms with Gasteiger partial charge in [0.15, 0.2) is 21.3 Å². The van der Waals surface area contributed by atoms with Gasteiger partial charge in [-0.15, -0.1) is 0 Å². The number of hydrogen-bond donors (Lipinski definition) is 4. The fourth-order valence-electron chi connectivity index (χ4n) is 5.82. The summed E-state index contributed by atoms with van der Waals surface area (Å²) in [6.45, 7) is 1.13. The summed E-state index contributed by atoms with van der Waals surface area (Å²) in [5.74, 6) is -1.97. The van der Waals surface area contributed by atoms with Gasteiger partial charge in [0.1, 0.15) is 17.9 Å². The number of hydrogen-bond acceptors (Lipinski definition) is 14. The van der Waals surface area contributed by atoms with Crippen LogP contribution in [0.25, 0.3) is 0 Å². The molecule has 0 aliphatic carbocycles. The molecule has 0 bridgehead atoms. The zero-order chi connectivity index (χ0) is 38.3. The van der Waals surface area contributed by atoms with Crippen molar-refractivity contribution in [3.63, 3.8) is 0 Å². The van der Waals surface area contributed by atoms with Gasteiger partial charge < -0.3 is 41.3 Å². The molecule has 3 heterocycles. The first-order chi connectivity index (χ1) is 25.2. The number of primary amides is 2. The van der Waals surface area contributed by atoms with Crippen LogP contribution in [-0.4, -0.2) is 104 Å². The molecular weight excluding hydrogens is 712 g/mol. The van der Waals surface area contributed by atoms with E-state index in [1.807, 2.05) is 4.90 Å². The molecule has 1 saturated heterocycles. The monoisotopic (exact) mass is 750 g/mol. The standard InChI is InChI=1S/C34H38N8O10S/c1-53(49,50)24-9-5-20(6-10-24)38-31-29(30(36)45)37-17-28(40-31)41-13-2-4-21(18-41)39-34(48)52-15-3-14-51-23-8-11-25-26(16-23)33(47)42(32(25)46)22(19-43)7-12-27(35)44/h5-6,8-11,16-17,19,21-22H,2-4,7,12-15,18H2,1H3,(H2,35,44)(H2,36,45)(H,38,40)(H,39,48). The summed E-state index contributed by atoms with van der Waals surface area (Å²) >= 11 is 0. The normalized spacial score (nSPS) is 16.1. The maximum Gasteiger partial charge on any atom is 0.407 e. The number of aromatic nitrogens is 2. The van der Waals surface area contributed by atoms with Crippen molar-refractivity contribution in [3.05, 3.63) is 65.5 Å². The second-order valence-electron chi connectivity index (χ2n) is 12.4. The van der Waals surface area contributed by atoms with E-state index in [9.17, 15) is 37.2 Å². The number of anilines is 3. The van der Waals surface area contributed by atoms with Crippen molar-refractivity contribution in [1.82, 2.24) is 20.2 Å². The van der Waals surface area contributed by atoms with Crippen LogP contribution in [0.3, 0.4) is 0 Å². The Bertz CT molecular complexity index is 2030. The number of rotatable bonds is 16. The molecule has 2 aliphatic rings. The second-order valence-corrected chi connectivity index (χ2v) is 14.4. The van der Waals surface area contributed by atoms with Gasteiger partial charge in [0.2, 0.25) is 5.91 Å². The van der Waals surface area contributed by atoms with E-state index >= 15 is 0 Å². The highest BCUT2D eigenvalue weighted by Gasteiger charge is 2.40. The van der Waals surface area contributed by atoms with Gasteiger partial charge in [-0.3, -0.25) is 24.1 Å². The topological polar surface area (TPSA) is 263 Å². The lowest BCUT2D eigenvalue weighted by Gasteiger charge is -2.33. The van der Waals surface area contributed by atoms with Crippen molar-refractivity contribution < 1.29 is 46.7 Å². The fourth-order valence-corrected chi connectivity index (χ4v) is 6.46. The van der Waals surface area contributed by atoms with Gasteiger partial charge in [-0.05, 0) is 61.7 Å². The third kappa shape index (κ3) is 9.42. The van der Waals surface area contributed by atoms with Gasteiger partial charge in [-0.1, -0.05) is 0 Å². The molecule has 2 unspecified atom stereocenters. The number of carbonyl (C=O) groups excluding carboxylic acids is 6. The Labute approximate surface area is 304 Å². The number of ether oxygens (including phenoxy) is 2. The first-order valence-electron chi connectivity index (χ1n) is 16.6. The number of carbonyl (C=O) groups is 6. The van der Waals surface area contributed by atoms with E-state index in [0.29, 0.717) is 55.9 Å². The Morgan fingerprint density at radius 1 is 1.06 bits per heavy atom. The lowest BCUT2D eigenvalue weighted by Crippen LogP contribution is -2.48. The predicted molar refractivity (Wildman–Crippen MR) is 188 cm³/mol. The molecule has 6 N–H and O–H groups in total. The van der Waals surface area contributed by atoms with Crippen LogP contribution >= 0.6 is 0 Å². The number of nitrogens with one attached hydrogen (secondary N) is 2. The quantitative estimate of drug-likeness (QED) is 0.0914. The summed E-state index contributed by atoms with van der Waals surface area (Å²) in [5.41, 5.74) is 11.2. The molecular formula is C34H38N8O10S. The Morgan fingerprint density at radius 2 is 1.79 bits per heavy atom. The van der Waals surface area contributed by atoms with Crippen LogP contribution < -0.4 is 31.7 Å². The van der Waals surface area contributed by atoms with E-state index in [-0.39, 0.29) is 59.6 Å². The van der Waals surface area contributed by atoms with Crippen LogP contribution in [0.15, 0.2) is 53.6 Å². The van der Waals surface area contributed by atoms with Gasteiger partial charge in [-0.25, -0.2) is 23.2 Å². The summed E-state index contributed by atoms with van der Waals surface area (Å²) in [5, 5.41) is 5.82. The lowest BCUT2D eigenvalue weighted by atomic mass is 10.1. The number of fused-ring (bicyclic) bond motifs is 1. The predicted octanol–water partition coefficient (Wildman–Crippen LogP) is 1.32. The minimum atomic E-state index is -3.40. The zero-order valence-corrected chi connectivity index (χ0v) is 29.5. The lowest BCUT2D eigenvalue weighted by molar-refractivity contribution is -0.118. The average molecular weight is 751 g/mol. The molecule has 53 heavy (non-hydrogen) atoms. The van der Waals surface area contributed by atoms with Crippen molar-refractivity contribution in [2.75, 3.05) is 42.8 Å². The molecule has 2 atom stereocenters. The van der Waals surface area contributed by atoms with E-state index in [1.54, 1.807) is 0 Å². The SMILES string of the molecule is CS(=O)(=O)c1ccc(Nc2nc(N3CCCC(NC(=O)OCCCOc4ccc5c(c4)C(=O)N(C(C=O)CCC(N)=O)C5=O)C3)cnc2C(N)=O)cc1. The number of piperidine rings is 1. The van der Waals surface area contributed by atoms with Crippen LogP contribution in [0.5, 0.6) is 5.75 Å². The van der Waals surface area contributed by atoms with E-state index < -0.39 is 45.6 Å². The van der Waals surface area contributed by atoms with Crippen molar-refractivity contribution >= 4 is 63.2 Å². The highest BCUT2D eigenvalue weighted by atomic mass is 32.2. The third-order valence-electron chi connectivity index (χ3n) is 8.46. The molecule has 1 fully saturated rings. The van der Waals surface area contributed by atoms with E-state index in [2.05, 4.69) is 20.6 Å². The first-order valence-corrected chi connectivity index (χ1v) is 18.4. The van der Waals surface area contributed by atoms with Crippen LogP contribution in [0.4, 0.5) is 22.1 Å². The van der Waals surface area contributed by atoms with E-state index in [1.165, 1.54) is 48.7 Å². The second kappa shape index (κ2) is 16.5. The number of alkyl carbamates (subject to hydrolysis) is 1. The molecule has 5 rings (SSSR count). The number of nitrogens with zero attached hydrogens (tertiary/aromatic N) is 4. The minimum absolute atomic E-state index is 0.0273. The summed E-state index contributed by atoms with van der Waals surface area (Å²) in [4.78, 5) is 84.7. The number of amides is 5. The third-order valence-corrected chi connectivity index (χ3v) is 9.59. The molecule has 1 aromatic heterocycles. The number of nitrogens with two attached hydrogens (primary N) is 2.